The zero-order valence-corrected chi connectivity index (χ0v) is 12.2. The molecule has 0 amide bonds. The minimum atomic E-state index is 0.755. The first-order valence-corrected chi connectivity index (χ1v) is 7.38. The van der Waals surface area contributed by atoms with Crippen molar-refractivity contribution in [2.24, 2.45) is 23.7 Å². The standard InChI is InChI=1S/C15H31NO/c1-12(2)10-16-11-15(13(3)4)9-14-5-7-17-8-6-14/h12-16H,5-11H2,1-4H3. The lowest BCUT2D eigenvalue weighted by molar-refractivity contribution is 0.0556. The third-order valence-corrected chi connectivity index (χ3v) is 3.88. The summed E-state index contributed by atoms with van der Waals surface area (Å²) in [4.78, 5) is 0. The molecule has 2 heteroatoms. The molecule has 0 saturated carbocycles. The quantitative estimate of drug-likeness (QED) is 0.738. The minimum Gasteiger partial charge on any atom is -0.381 e. The molecule has 1 rings (SSSR count). The average molecular weight is 241 g/mol. The second-order valence-corrected chi connectivity index (χ2v) is 6.35. The lowest BCUT2D eigenvalue weighted by Gasteiger charge is -2.29. The molecule has 1 fully saturated rings. The van der Waals surface area contributed by atoms with Gasteiger partial charge in [-0.05, 0) is 56.0 Å². The van der Waals surface area contributed by atoms with Gasteiger partial charge in [0.1, 0.15) is 0 Å². The Hall–Kier alpha value is -0.0800. The summed E-state index contributed by atoms with van der Waals surface area (Å²) in [5, 5.41) is 3.62. The van der Waals surface area contributed by atoms with E-state index in [-0.39, 0.29) is 0 Å². The molecule has 0 aromatic heterocycles. The fourth-order valence-electron chi connectivity index (χ4n) is 2.56. The van der Waals surface area contributed by atoms with Crippen molar-refractivity contribution in [2.45, 2.75) is 47.0 Å². The first kappa shape index (κ1) is 15.0. The molecule has 0 aromatic rings. The lowest BCUT2D eigenvalue weighted by atomic mass is 9.83. The molecule has 0 bridgehead atoms. The number of hydrogen-bond acceptors (Lipinski definition) is 2. The summed E-state index contributed by atoms with van der Waals surface area (Å²) < 4.78 is 5.44. The van der Waals surface area contributed by atoms with Crippen molar-refractivity contribution in [3.05, 3.63) is 0 Å². The van der Waals surface area contributed by atoms with E-state index in [2.05, 4.69) is 33.0 Å². The van der Waals surface area contributed by atoms with Crippen LogP contribution < -0.4 is 5.32 Å². The third kappa shape index (κ3) is 6.42. The molecule has 1 aliphatic rings. The summed E-state index contributed by atoms with van der Waals surface area (Å²) in [5.74, 6) is 3.28. The Labute approximate surface area is 108 Å². The van der Waals surface area contributed by atoms with Crippen LogP contribution in [-0.2, 0) is 4.74 Å². The van der Waals surface area contributed by atoms with E-state index in [1.165, 1.54) is 25.8 Å². The molecular weight excluding hydrogens is 210 g/mol. The summed E-state index contributed by atoms with van der Waals surface area (Å²) in [7, 11) is 0. The van der Waals surface area contributed by atoms with Gasteiger partial charge in [0.2, 0.25) is 0 Å². The highest BCUT2D eigenvalue weighted by molar-refractivity contribution is 4.73. The Kier molecular flexibility index (Phi) is 7.14. The van der Waals surface area contributed by atoms with Gasteiger partial charge in [-0.15, -0.1) is 0 Å². The van der Waals surface area contributed by atoms with Crippen molar-refractivity contribution in [1.29, 1.82) is 0 Å². The highest BCUT2D eigenvalue weighted by Gasteiger charge is 2.21. The third-order valence-electron chi connectivity index (χ3n) is 3.88. The minimum absolute atomic E-state index is 0.755. The molecule has 0 radical (unpaired) electrons. The molecule has 0 aromatic carbocycles. The van der Waals surface area contributed by atoms with E-state index in [4.69, 9.17) is 4.74 Å². The number of nitrogens with one attached hydrogen (secondary N) is 1. The van der Waals surface area contributed by atoms with Crippen LogP contribution in [0.25, 0.3) is 0 Å². The monoisotopic (exact) mass is 241 g/mol. The molecule has 2 nitrogen and oxygen atoms in total. The van der Waals surface area contributed by atoms with Crippen LogP contribution in [-0.4, -0.2) is 26.3 Å². The Balaban J connectivity index is 2.26. The highest BCUT2D eigenvalue weighted by Crippen LogP contribution is 2.26. The van der Waals surface area contributed by atoms with Gasteiger partial charge < -0.3 is 10.1 Å². The zero-order chi connectivity index (χ0) is 12.7. The molecule has 1 aliphatic heterocycles. The molecule has 0 aliphatic carbocycles. The van der Waals surface area contributed by atoms with E-state index >= 15 is 0 Å². The van der Waals surface area contributed by atoms with Gasteiger partial charge in [0, 0.05) is 13.2 Å². The predicted molar refractivity (Wildman–Crippen MR) is 74.2 cm³/mol. The predicted octanol–water partition coefficient (Wildman–Crippen LogP) is 3.32. The van der Waals surface area contributed by atoms with E-state index in [0.29, 0.717) is 0 Å². The number of ether oxygens (including phenoxy) is 1. The van der Waals surface area contributed by atoms with Crippen LogP contribution in [0.3, 0.4) is 0 Å². The smallest absolute Gasteiger partial charge is 0.0468 e. The van der Waals surface area contributed by atoms with Crippen LogP contribution in [0.5, 0.6) is 0 Å². The van der Waals surface area contributed by atoms with Crippen molar-refractivity contribution in [3.8, 4) is 0 Å². The van der Waals surface area contributed by atoms with Crippen molar-refractivity contribution in [1.82, 2.24) is 5.32 Å². The van der Waals surface area contributed by atoms with E-state index < -0.39 is 0 Å². The zero-order valence-electron chi connectivity index (χ0n) is 12.2. The van der Waals surface area contributed by atoms with Crippen LogP contribution in [0, 0.1) is 23.7 Å². The Morgan fingerprint density at radius 1 is 1.06 bits per heavy atom. The van der Waals surface area contributed by atoms with Crippen molar-refractivity contribution >= 4 is 0 Å². The lowest BCUT2D eigenvalue weighted by Crippen LogP contribution is -2.31. The maximum absolute atomic E-state index is 5.44. The second-order valence-electron chi connectivity index (χ2n) is 6.35. The summed E-state index contributed by atoms with van der Waals surface area (Å²) in [6.07, 6.45) is 3.92. The molecule has 17 heavy (non-hydrogen) atoms. The van der Waals surface area contributed by atoms with Crippen LogP contribution in [0.15, 0.2) is 0 Å². The van der Waals surface area contributed by atoms with E-state index in [9.17, 15) is 0 Å². The molecular formula is C15H31NO. The second kappa shape index (κ2) is 8.10. The van der Waals surface area contributed by atoms with Gasteiger partial charge in [-0.1, -0.05) is 27.7 Å². The molecule has 1 atom stereocenters. The Bertz CT molecular complexity index is 185. The largest absolute Gasteiger partial charge is 0.381 e. The van der Waals surface area contributed by atoms with Crippen LogP contribution in [0.1, 0.15) is 47.0 Å². The first-order valence-electron chi connectivity index (χ1n) is 7.38. The van der Waals surface area contributed by atoms with Crippen LogP contribution in [0.2, 0.25) is 0 Å². The summed E-state index contributed by atoms with van der Waals surface area (Å²) in [6.45, 7) is 13.6. The molecule has 1 unspecified atom stereocenters. The van der Waals surface area contributed by atoms with Gasteiger partial charge in [0.15, 0.2) is 0 Å². The van der Waals surface area contributed by atoms with E-state index in [0.717, 1.165) is 43.4 Å². The molecule has 0 spiro atoms. The first-order chi connectivity index (χ1) is 8.09. The van der Waals surface area contributed by atoms with Crippen LogP contribution in [0.4, 0.5) is 0 Å². The van der Waals surface area contributed by atoms with Gasteiger partial charge in [-0.25, -0.2) is 0 Å². The van der Waals surface area contributed by atoms with Crippen LogP contribution >= 0.6 is 0 Å². The van der Waals surface area contributed by atoms with Crippen molar-refractivity contribution in [3.63, 3.8) is 0 Å². The maximum atomic E-state index is 5.44. The fourth-order valence-corrected chi connectivity index (χ4v) is 2.56. The van der Waals surface area contributed by atoms with Gasteiger partial charge in [-0.3, -0.25) is 0 Å². The van der Waals surface area contributed by atoms with E-state index in [1.54, 1.807) is 0 Å². The van der Waals surface area contributed by atoms with Crippen molar-refractivity contribution < 1.29 is 4.74 Å². The molecule has 1 N–H and O–H groups in total. The Morgan fingerprint density at radius 3 is 2.24 bits per heavy atom. The molecule has 1 saturated heterocycles. The van der Waals surface area contributed by atoms with Gasteiger partial charge in [-0.2, -0.15) is 0 Å². The molecule has 1 heterocycles. The highest BCUT2D eigenvalue weighted by atomic mass is 16.5. The Morgan fingerprint density at radius 2 is 1.71 bits per heavy atom. The number of hydrogen-bond donors (Lipinski definition) is 1. The normalized spacial score (nSPS) is 20.1. The SMILES string of the molecule is CC(C)CNCC(CC1CCOCC1)C(C)C. The van der Waals surface area contributed by atoms with Gasteiger partial charge in [0.25, 0.3) is 0 Å². The topological polar surface area (TPSA) is 21.3 Å². The summed E-state index contributed by atoms with van der Waals surface area (Å²) in [5.41, 5.74) is 0. The number of rotatable bonds is 7. The van der Waals surface area contributed by atoms with Gasteiger partial charge in [0.05, 0.1) is 0 Å². The van der Waals surface area contributed by atoms with Gasteiger partial charge >= 0.3 is 0 Å². The maximum Gasteiger partial charge on any atom is 0.0468 e. The van der Waals surface area contributed by atoms with E-state index in [1.807, 2.05) is 0 Å². The van der Waals surface area contributed by atoms with Crippen molar-refractivity contribution in [2.75, 3.05) is 26.3 Å². The molecule has 102 valence electrons. The summed E-state index contributed by atoms with van der Waals surface area (Å²) in [6, 6.07) is 0. The summed E-state index contributed by atoms with van der Waals surface area (Å²) >= 11 is 0. The fraction of sp³-hybridized carbons (Fsp3) is 1.00. The average Bonchev–Trinajstić information content (AvgIpc) is 2.28.